The minimum atomic E-state index is -4.41. The van der Waals surface area contributed by atoms with E-state index in [4.69, 9.17) is 16.3 Å². The van der Waals surface area contributed by atoms with Gasteiger partial charge in [-0.1, -0.05) is 42.8 Å². The summed E-state index contributed by atoms with van der Waals surface area (Å²) in [4.78, 5) is 27.7. The Morgan fingerprint density at radius 3 is 2.67 bits per heavy atom. The lowest BCUT2D eigenvalue weighted by Crippen LogP contribution is -2.54. The van der Waals surface area contributed by atoms with Crippen LogP contribution in [-0.4, -0.2) is 42.4 Å². The summed E-state index contributed by atoms with van der Waals surface area (Å²) in [5, 5.41) is 11.9. The van der Waals surface area contributed by atoms with E-state index in [1.165, 1.54) is 50.5 Å². The number of carbonyl (C=O) groups is 2. The monoisotopic (exact) mass is 415 g/mol. The van der Waals surface area contributed by atoms with Crippen LogP contribution in [0.1, 0.15) is 13.3 Å². The fraction of sp³-hybridized carbons (Fsp3) is 0.312. The van der Waals surface area contributed by atoms with Gasteiger partial charge in [-0.15, -0.1) is 0 Å². The molecule has 1 aliphatic carbocycles. The number of amides is 2. The van der Waals surface area contributed by atoms with Crippen LogP contribution < -0.4 is 14.8 Å². The fourth-order valence-electron chi connectivity index (χ4n) is 2.74. The second-order valence-corrected chi connectivity index (χ2v) is 8.05. The van der Waals surface area contributed by atoms with Gasteiger partial charge in [0.15, 0.2) is 0 Å². The van der Waals surface area contributed by atoms with E-state index >= 15 is 0 Å². The van der Waals surface area contributed by atoms with E-state index in [0.29, 0.717) is 0 Å². The Labute approximate surface area is 161 Å². The first-order chi connectivity index (χ1) is 12.6. The van der Waals surface area contributed by atoms with Crippen molar-refractivity contribution in [2.24, 2.45) is 5.92 Å². The Bertz CT molecular complexity index is 915. The Morgan fingerprint density at radius 2 is 2.07 bits per heavy atom. The summed E-state index contributed by atoms with van der Waals surface area (Å²) in [7, 11) is -3.05. The van der Waals surface area contributed by atoms with E-state index in [9.17, 15) is 23.1 Å². The molecule has 0 bridgehead atoms. The molecule has 1 heterocycles. The molecule has 0 saturated carbocycles. The maximum absolute atomic E-state index is 12.9. The SMILES string of the molecule is CCC1(S(=O)(=O)NC(=O)Nc2cc(Cl)cc(OC)n2)C=CC=CC1C(=O)O. The predicted molar refractivity (Wildman–Crippen MR) is 99.3 cm³/mol. The molecule has 27 heavy (non-hydrogen) atoms. The molecule has 1 aromatic heterocycles. The van der Waals surface area contributed by atoms with Crippen molar-refractivity contribution >= 4 is 39.4 Å². The molecule has 2 rings (SSSR count). The lowest BCUT2D eigenvalue weighted by atomic mass is 9.85. The summed E-state index contributed by atoms with van der Waals surface area (Å²) >= 11 is 5.87. The van der Waals surface area contributed by atoms with Crippen LogP contribution in [0.15, 0.2) is 36.4 Å². The number of rotatable bonds is 6. The molecule has 3 N–H and O–H groups in total. The number of carbonyl (C=O) groups excluding carboxylic acids is 1. The fourth-order valence-corrected chi connectivity index (χ4v) is 4.57. The van der Waals surface area contributed by atoms with Crippen LogP contribution in [0.3, 0.4) is 0 Å². The van der Waals surface area contributed by atoms with Crippen molar-refractivity contribution in [1.29, 1.82) is 0 Å². The van der Waals surface area contributed by atoms with Gasteiger partial charge in [-0.2, -0.15) is 4.98 Å². The molecule has 0 spiro atoms. The molecule has 1 aromatic rings. The zero-order valence-corrected chi connectivity index (χ0v) is 16.0. The number of sulfonamides is 1. The summed E-state index contributed by atoms with van der Waals surface area (Å²) in [5.41, 5.74) is 0. The molecule has 2 atom stereocenters. The number of urea groups is 1. The minimum Gasteiger partial charge on any atom is -0.481 e. The summed E-state index contributed by atoms with van der Waals surface area (Å²) in [5.74, 6) is -2.57. The van der Waals surface area contributed by atoms with Gasteiger partial charge in [0.05, 0.1) is 13.0 Å². The zero-order valence-electron chi connectivity index (χ0n) is 14.5. The Kier molecular flexibility index (Phi) is 6.11. The number of halogens is 1. The van der Waals surface area contributed by atoms with Crippen LogP contribution in [0.25, 0.3) is 0 Å². The van der Waals surface area contributed by atoms with E-state index in [2.05, 4.69) is 10.3 Å². The number of hydrogen-bond donors (Lipinski definition) is 3. The highest BCUT2D eigenvalue weighted by Crippen LogP contribution is 2.35. The molecule has 146 valence electrons. The zero-order chi connectivity index (χ0) is 20.2. The molecule has 0 radical (unpaired) electrons. The number of nitrogens with one attached hydrogen (secondary N) is 2. The summed E-state index contributed by atoms with van der Waals surface area (Å²) in [6, 6.07) is 1.60. The maximum Gasteiger partial charge on any atom is 0.334 e. The van der Waals surface area contributed by atoms with Gasteiger partial charge in [-0.25, -0.2) is 17.9 Å². The van der Waals surface area contributed by atoms with Gasteiger partial charge in [-0.05, 0) is 12.5 Å². The highest BCUT2D eigenvalue weighted by Gasteiger charge is 2.51. The van der Waals surface area contributed by atoms with Crippen molar-refractivity contribution in [2.45, 2.75) is 18.1 Å². The van der Waals surface area contributed by atoms with Crippen LogP contribution in [0.5, 0.6) is 5.88 Å². The average molecular weight is 416 g/mol. The van der Waals surface area contributed by atoms with E-state index in [0.717, 1.165) is 0 Å². The smallest absolute Gasteiger partial charge is 0.334 e. The second kappa shape index (κ2) is 7.97. The highest BCUT2D eigenvalue weighted by atomic mass is 35.5. The molecule has 11 heteroatoms. The molecule has 0 fully saturated rings. The third-order valence-corrected chi connectivity index (χ3v) is 6.43. The molecule has 2 unspecified atom stereocenters. The molecule has 9 nitrogen and oxygen atoms in total. The number of anilines is 1. The summed E-state index contributed by atoms with van der Waals surface area (Å²) in [6.45, 7) is 1.53. The molecule has 0 saturated heterocycles. The number of nitrogens with zero attached hydrogens (tertiary/aromatic N) is 1. The molecule has 0 aromatic carbocycles. The number of ether oxygens (including phenoxy) is 1. The summed E-state index contributed by atoms with van der Waals surface area (Å²) in [6.07, 6.45) is 5.36. The van der Waals surface area contributed by atoms with Crippen molar-refractivity contribution in [3.05, 3.63) is 41.5 Å². The maximum atomic E-state index is 12.9. The first kappa shape index (κ1) is 20.7. The lowest BCUT2D eigenvalue weighted by Gasteiger charge is -2.34. The Morgan fingerprint density at radius 1 is 1.37 bits per heavy atom. The van der Waals surface area contributed by atoms with Crippen molar-refractivity contribution in [3.63, 3.8) is 0 Å². The molecule has 2 amide bonds. The van der Waals surface area contributed by atoms with Gasteiger partial charge < -0.3 is 9.84 Å². The largest absolute Gasteiger partial charge is 0.481 e. The van der Waals surface area contributed by atoms with Crippen LogP contribution >= 0.6 is 11.6 Å². The van der Waals surface area contributed by atoms with E-state index in [1.807, 2.05) is 4.72 Å². The van der Waals surface area contributed by atoms with E-state index < -0.39 is 32.7 Å². The molecule has 0 aliphatic heterocycles. The quantitative estimate of drug-likeness (QED) is 0.647. The Hall–Kier alpha value is -2.59. The standard InChI is InChI=1S/C16H18ClN3O6S/c1-3-16(7-5-4-6-11(16)14(21)22)27(24,25)20-15(23)19-12-8-10(17)9-13(18-12)26-2/h4-9,11H,3H2,1-2H3,(H,21,22)(H2,18,19,20,23). The average Bonchev–Trinajstić information content (AvgIpc) is 2.60. The Balaban J connectivity index is 2.27. The third kappa shape index (κ3) is 4.22. The van der Waals surface area contributed by atoms with E-state index in [1.54, 1.807) is 0 Å². The van der Waals surface area contributed by atoms with Crippen LogP contribution in [0.2, 0.25) is 5.02 Å². The van der Waals surface area contributed by atoms with Crippen LogP contribution in [0.4, 0.5) is 10.6 Å². The van der Waals surface area contributed by atoms with Gasteiger partial charge in [-0.3, -0.25) is 10.1 Å². The van der Waals surface area contributed by atoms with Gasteiger partial charge in [0, 0.05) is 11.1 Å². The second-order valence-electron chi connectivity index (χ2n) is 5.64. The van der Waals surface area contributed by atoms with Crippen LogP contribution in [0, 0.1) is 5.92 Å². The van der Waals surface area contributed by atoms with Gasteiger partial charge in [0.2, 0.25) is 15.9 Å². The van der Waals surface area contributed by atoms with Gasteiger partial charge in [0.1, 0.15) is 10.6 Å². The number of hydrogen-bond acceptors (Lipinski definition) is 6. The number of aromatic nitrogens is 1. The molecular formula is C16H18ClN3O6S. The first-order valence-electron chi connectivity index (χ1n) is 7.79. The number of allylic oxidation sites excluding steroid dienone is 2. The third-order valence-electron chi connectivity index (χ3n) is 4.08. The lowest BCUT2D eigenvalue weighted by molar-refractivity contribution is -0.140. The topological polar surface area (TPSA) is 135 Å². The first-order valence-corrected chi connectivity index (χ1v) is 9.65. The van der Waals surface area contributed by atoms with Crippen LogP contribution in [-0.2, 0) is 14.8 Å². The number of methoxy groups -OCH3 is 1. The molecule has 1 aliphatic rings. The van der Waals surface area contributed by atoms with Crippen molar-refractivity contribution in [3.8, 4) is 5.88 Å². The number of carboxylic acid groups (broad SMARTS) is 1. The summed E-state index contributed by atoms with van der Waals surface area (Å²) < 4.78 is 30.7. The number of carboxylic acids is 1. The van der Waals surface area contributed by atoms with Crippen molar-refractivity contribution < 1.29 is 27.9 Å². The number of aliphatic carboxylic acids is 1. The highest BCUT2D eigenvalue weighted by molar-refractivity contribution is 7.91. The van der Waals surface area contributed by atoms with Gasteiger partial charge >= 0.3 is 12.0 Å². The van der Waals surface area contributed by atoms with E-state index in [-0.39, 0.29) is 23.1 Å². The normalized spacial score (nSPS) is 21.5. The number of pyridine rings is 1. The minimum absolute atomic E-state index is 0.0357. The van der Waals surface area contributed by atoms with Crippen molar-refractivity contribution in [1.82, 2.24) is 9.71 Å². The van der Waals surface area contributed by atoms with Gasteiger partial charge in [0.25, 0.3) is 0 Å². The van der Waals surface area contributed by atoms with Crippen molar-refractivity contribution in [2.75, 3.05) is 12.4 Å². The molecular weight excluding hydrogens is 398 g/mol. The predicted octanol–water partition coefficient (Wildman–Crippen LogP) is 2.17.